The van der Waals surface area contributed by atoms with E-state index in [0.29, 0.717) is 5.16 Å². The Labute approximate surface area is 98.8 Å². The Kier molecular flexibility index (Phi) is 4.06. The molecule has 0 fully saturated rings. The first-order valence-electron chi connectivity index (χ1n) is 4.81. The van der Waals surface area contributed by atoms with Crippen LogP contribution in [0.1, 0.15) is 25.2 Å². The molecular formula is C11H14N2O2S. The minimum Gasteiger partial charge on any atom is -0.511 e. The van der Waals surface area contributed by atoms with Crippen molar-refractivity contribution in [1.29, 1.82) is 0 Å². The van der Waals surface area contributed by atoms with Crippen molar-refractivity contribution < 1.29 is 9.90 Å². The smallest absolute Gasteiger partial charge is 0.193 e. The predicted molar refractivity (Wildman–Crippen MR) is 63.4 cm³/mol. The lowest BCUT2D eigenvalue weighted by atomic mass is 10.4. The van der Waals surface area contributed by atoms with Crippen LogP contribution in [0.3, 0.4) is 0 Å². The summed E-state index contributed by atoms with van der Waals surface area (Å²) < 4.78 is 0. The first kappa shape index (κ1) is 12.7. The Morgan fingerprint density at radius 1 is 1.25 bits per heavy atom. The minimum absolute atomic E-state index is 0.000240. The number of hydrogen-bond acceptors (Lipinski definition) is 5. The second-order valence-corrected chi connectivity index (χ2v) is 4.48. The van der Waals surface area contributed by atoms with Crippen LogP contribution in [0.5, 0.6) is 0 Å². The number of rotatable bonds is 3. The van der Waals surface area contributed by atoms with Crippen molar-refractivity contribution in [2.75, 3.05) is 0 Å². The SMILES string of the molecule is CC(=O)/C(Sc1nc(C)cc(C)n1)=C(/C)O. The fraction of sp³-hybridized carbons (Fsp3) is 0.364. The number of carbonyl (C=O) groups excluding carboxylic acids is 1. The Hall–Kier alpha value is -1.36. The summed E-state index contributed by atoms with van der Waals surface area (Å²) in [6.45, 7) is 6.61. The van der Waals surface area contributed by atoms with Gasteiger partial charge in [0.25, 0.3) is 0 Å². The van der Waals surface area contributed by atoms with E-state index in [1.54, 1.807) is 0 Å². The minimum atomic E-state index is -0.187. The van der Waals surface area contributed by atoms with Crippen LogP contribution < -0.4 is 0 Å². The number of nitrogens with zero attached hydrogens (tertiary/aromatic N) is 2. The van der Waals surface area contributed by atoms with Crippen molar-refractivity contribution in [1.82, 2.24) is 9.97 Å². The van der Waals surface area contributed by atoms with Gasteiger partial charge in [0, 0.05) is 11.4 Å². The molecule has 1 aromatic heterocycles. The van der Waals surface area contributed by atoms with Gasteiger partial charge in [-0.05, 0) is 45.5 Å². The highest BCUT2D eigenvalue weighted by molar-refractivity contribution is 8.03. The predicted octanol–water partition coefficient (Wildman–Crippen LogP) is 2.56. The second-order valence-electron chi connectivity index (χ2n) is 3.51. The van der Waals surface area contributed by atoms with E-state index in [2.05, 4.69) is 9.97 Å². The van der Waals surface area contributed by atoms with Crippen molar-refractivity contribution in [3.63, 3.8) is 0 Å². The zero-order valence-corrected chi connectivity index (χ0v) is 10.6. The van der Waals surface area contributed by atoms with Crippen LogP contribution in [-0.2, 0) is 4.79 Å². The molecule has 5 heteroatoms. The maximum absolute atomic E-state index is 11.3. The van der Waals surface area contributed by atoms with Gasteiger partial charge in [-0.1, -0.05) is 0 Å². The molecule has 1 aromatic rings. The molecule has 0 aromatic carbocycles. The van der Waals surface area contributed by atoms with Crippen molar-refractivity contribution in [3.05, 3.63) is 28.1 Å². The highest BCUT2D eigenvalue weighted by Crippen LogP contribution is 2.26. The lowest BCUT2D eigenvalue weighted by molar-refractivity contribution is -0.113. The van der Waals surface area contributed by atoms with Gasteiger partial charge in [0.15, 0.2) is 10.9 Å². The first-order chi connectivity index (χ1) is 7.40. The summed E-state index contributed by atoms with van der Waals surface area (Å²) in [4.78, 5) is 19.9. The van der Waals surface area contributed by atoms with Gasteiger partial charge in [-0.15, -0.1) is 0 Å². The van der Waals surface area contributed by atoms with E-state index < -0.39 is 0 Å². The van der Waals surface area contributed by atoms with Gasteiger partial charge < -0.3 is 5.11 Å². The van der Waals surface area contributed by atoms with Crippen molar-refractivity contribution >= 4 is 17.5 Å². The van der Waals surface area contributed by atoms with E-state index in [4.69, 9.17) is 0 Å². The second kappa shape index (κ2) is 5.12. The standard InChI is InChI=1S/C11H14N2O2S/c1-6-5-7(2)13-11(12-6)16-10(8(3)14)9(4)15/h5,14H,1-4H3/b10-8+. The molecular weight excluding hydrogens is 224 g/mol. The maximum atomic E-state index is 11.3. The van der Waals surface area contributed by atoms with Gasteiger partial charge in [0.2, 0.25) is 0 Å². The molecule has 0 spiro atoms. The van der Waals surface area contributed by atoms with Gasteiger partial charge in [0.05, 0.1) is 4.91 Å². The Morgan fingerprint density at radius 3 is 2.12 bits per heavy atom. The third-order valence-electron chi connectivity index (χ3n) is 1.80. The third kappa shape index (κ3) is 3.34. The van der Waals surface area contributed by atoms with Gasteiger partial charge in [-0.25, -0.2) is 9.97 Å². The van der Waals surface area contributed by atoms with E-state index in [-0.39, 0.29) is 16.4 Å². The molecule has 16 heavy (non-hydrogen) atoms. The highest BCUT2D eigenvalue weighted by Gasteiger charge is 2.12. The summed E-state index contributed by atoms with van der Waals surface area (Å²) in [7, 11) is 0. The summed E-state index contributed by atoms with van der Waals surface area (Å²) >= 11 is 1.09. The molecule has 0 aliphatic rings. The average molecular weight is 238 g/mol. The fourth-order valence-corrected chi connectivity index (χ4v) is 2.08. The molecule has 0 saturated carbocycles. The van der Waals surface area contributed by atoms with Crippen molar-refractivity contribution in [2.45, 2.75) is 32.9 Å². The number of allylic oxidation sites excluding steroid dienone is 2. The first-order valence-corrected chi connectivity index (χ1v) is 5.62. The fourth-order valence-electron chi connectivity index (χ4n) is 1.23. The van der Waals surface area contributed by atoms with Crippen LogP contribution in [0.4, 0.5) is 0 Å². The zero-order valence-electron chi connectivity index (χ0n) is 9.74. The molecule has 1 N–H and O–H groups in total. The number of Topliss-reactive ketones (excluding diaryl/α,β-unsaturated/α-hetero) is 1. The number of aliphatic hydroxyl groups excluding tert-OH is 1. The van der Waals surface area contributed by atoms with E-state index in [0.717, 1.165) is 23.1 Å². The van der Waals surface area contributed by atoms with Crippen LogP contribution >= 0.6 is 11.8 Å². The van der Waals surface area contributed by atoms with E-state index in [1.807, 2.05) is 19.9 Å². The molecule has 86 valence electrons. The third-order valence-corrected chi connectivity index (χ3v) is 2.96. The largest absolute Gasteiger partial charge is 0.511 e. The normalized spacial score (nSPS) is 12.2. The topological polar surface area (TPSA) is 63.1 Å². The molecule has 0 unspecified atom stereocenters. The van der Waals surface area contributed by atoms with E-state index >= 15 is 0 Å². The van der Waals surface area contributed by atoms with Gasteiger partial charge >= 0.3 is 0 Å². The molecule has 0 aliphatic carbocycles. The summed E-state index contributed by atoms with van der Waals surface area (Å²) in [5.74, 6) is -0.187. The summed E-state index contributed by atoms with van der Waals surface area (Å²) in [5, 5.41) is 9.85. The summed E-state index contributed by atoms with van der Waals surface area (Å²) in [5.41, 5.74) is 1.68. The van der Waals surface area contributed by atoms with Gasteiger partial charge in [0.1, 0.15) is 5.76 Å². The molecule has 0 amide bonds. The maximum Gasteiger partial charge on any atom is 0.193 e. The van der Waals surface area contributed by atoms with Crippen LogP contribution in [0.2, 0.25) is 0 Å². The van der Waals surface area contributed by atoms with Gasteiger partial charge in [-0.2, -0.15) is 0 Å². The molecule has 0 bridgehead atoms. The van der Waals surface area contributed by atoms with E-state index in [1.165, 1.54) is 13.8 Å². The number of carbonyl (C=O) groups is 1. The number of aromatic nitrogens is 2. The molecule has 4 nitrogen and oxygen atoms in total. The number of hydrogen-bond donors (Lipinski definition) is 1. The lowest BCUT2D eigenvalue weighted by Crippen LogP contribution is -1.99. The van der Waals surface area contributed by atoms with Crippen molar-refractivity contribution in [3.8, 4) is 0 Å². The van der Waals surface area contributed by atoms with Gasteiger partial charge in [-0.3, -0.25) is 4.79 Å². The Morgan fingerprint density at radius 2 is 1.75 bits per heavy atom. The van der Waals surface area contributed by atoms with Crippen LogP contribution in [0, 0.1) is 13.8 Å². The van der Waals surface area contributed by atoms with Crippen LogP contribution in [0.15, 0.2) is 21.9 Å². The quantitative estimate of drug-likeness (QED) is 0.379. The monoisotopic (exact) mass is 238 g/mol. The number of aryl methyl sites for hydroxylation is 2. The zero-order chi connectivity index (χ0) is 12.3. The molecule has 0 atom stereocenters. The lowest BCUT2D eigenvalue weighted by Gasteiger charge is -2.05. The Balaban J connectivity index is 3.04. The average Bonchev–Trinajstić information content (AvgIpc) is 2.11. The molecule has 0 saturated heterocycles. The molecule has 0 aliphatic heterocycles. The Bertz CT molecular complexity index is 431. The summed E-state index contributed by atoms with van der Waals surface area (Å²) in [6, 6.07) is 1.85. The summed E-state index contributed by atoms with van der Waals surface area (Å²) in [6.07, 6.45) is 0. The van der Waals surface area contributed by atoms with Crippen LogP contribution in [-0.4, -0.2) is 20.9 Å². The van der Waals surface area contributed by atoms with Crippen LogP contribution in [0.25, 0.3) is 0 Å². The number of thioether (sulfide) groups is 1. The van der Waals surface area contributed by atoms with Crippen molar-refractivity contribution in [2.24, 2.45) is 0 Å². The van der Waals surface area contributed by atoms with E-state index in [9.17, 15) is 9.90 Å². The number of aliphatic hydroxyl groups is 1. The molecule has 1 heterocycles. The highest BCUT2D eigenvalue weighted by atomic mass is 32.2. The molecule has 1 rings (SSSR count). The number of ketones is 1. The molecule has 0 radical (unpaired) electrons.